The number of allylic oxidation sites excluding steroid dienone is 2. The number of fused-ring (bicyclic) bond motifs is 1. The van der Waals surface area contributed by atoms with E-state index in [-0.39, 0.29) is 24.8 Å². The molecule has 1 aliphatic carbocycles. The lowest BCUT2D eigenvalue weighted by Crippen LogP contribution is -2.41. The van der Waals surface area contributed by atoms with Gasteiger partial charge in [-0.1, -0.05) is 66.7 Å². The molecule has 2 aliphatic rings. The molecule has 1 aromatic heterocycles. The van der Waals surface area contributed by atoms with Crippen molar-refractivity contribution in [1.82, 2.24) is 19.4 Å². The van der Waals surface area contributed by atoms with Crippen molar-refractivity contribution in [2.45, 2.75) is 121 Å². The number of rotatable bonds is 21. The van der Waals surface area contributed by atoms with E-state index in [9.17, 15) is 28.9 Å². The minimum atomic E-state index is -2.61. The molecular formula is C45H60N5O7S-. The van der Waals surface area contributed by atoms with Crippen molar-refractivity contribution in [3.05, 3.63) is 108 Å². The number of carbonyl (C=O) groups is 1. The maximum absolute atomic E-state index is 12.7. The number of aryl methyl sites for hydroxylation is 1. The van der Waals surface area contributed by atoms with Gasteiger partial charge in [-0.3, -0.25) is 19.0 Å². The van der Waals surface area contributed by atoms with Gasteiger partial charge in [-0.2, -0.15) is 9.40 Å². The number of carbonyl (C=O) groups excluding carboxylic acids is 1. The molecule has 8 atom stereocenters. The monoisotopic (exact) mass is 814 g/mol. The Morgan fingerprint density at radius 2 is 1.84 bits per heavy atom. The lowest BCUT2D eigenvalue weighted by atomic mass is 9.85. The van der Waals surface area contributed by atoms with E-state index in [1.54, 1.807) is 6.92 Å². The van der Waals surface area contributed by atoms with Gasteiger partial charge in [-0.15, -0.1) is 0 Å². The Morgan fingerprint density at radius 3 is 2.67 bits per heavy atom. The van der Waals surface area contributed by atoms with Gasteiger partial charge in [0.25, 0.3) is 0 Å². The van der Waals surface area contributed by atoms with Crippen LogP contribution in [-0.4, -0.2) is 93.1 Å². The summed E-state index contributed by atoms with van der Waals surface area (Å²) in [4.78, 5) is 15.2. The lowest BCUT2D eigenvalue weighted by Gasteiger charge is -2.34. The third kappa shape index (κ3) is 13.0. The second-order valence-electron chi connectivity index (χ2n) is 16.1. The number of likely N-dealkylation sites (tertiary alicyclic amines) is 1. The second kappa shape index (κ2) is 21.9. The molecule has 2 unspecified atom stereocenters. The van der Waals surface area contributed by atoms with Crippen LogP contribution in [0.2, 0.25) is 0 Å². The molecule has 1 saturated carbocycles. The molecule has 13 heteroatoms. The number of H-pyrrole nitrogens is 1. The number of unbranched alkanes of at least 4 members (excludes halogenated alkanes) is 1. The fourth-order valence-electron chi connectivity index (χ4n) is 8.61. The molecule has 1 saturated heterocycles. The Bertz CT molecular complexity index is 1930. The highest BCUT2D eigenvalue weighted by Crippen LogP contribution is 2.38. The van der Waals surface area contributed by atoms with Gasteiger partial charge >= 0.3 is 5.97 Å². The molecule has 2 fully saturated rings. The first-order chi connectivity index (χ1) is 28.1. The molecule has 12 nitrogen and oxygen atoms in total. The Labute approximate surface area is 345 Å². The van der Waals surface area contributed by atoms with E-state index in [1.807, 2.05) is 60.8 Å². The highest BCUT2D eigenvalue weighted by molar-refractivity contribution is 7.76. The largest absolute Gasteiger partial charge is 0.759 e. The fourth-order valence-corrected chi connectivity index (χ4v) is 9.15. The van der Waals surface area contributed by atoms with E-state index in [0.29, 0.717) is 51.0 Å². The SMILES string of the molecule is CC(OC(=O)CCC/C=C\C[C@@H]1[C@@H](CC[C@@H](O)CCc2ccccc2)[C@H](O)C[C@@H]1O)N(Cc1cccc(CN2CCC[C@H](Nc3ccc4[nH]ncc4c3)C2)c1)S(=O)[O-]. The van der Waals surface area contributed by atoms with E-state index >= 15 is 0 Å². The zero-order valence-corrected chi connectivity index (χ0v) is 34.3. The molecule has 3 aromatic carbocycles. The van der Waals surface area contributed by atoms with E-state index < -0.39 is 41.8 Å². The highest BCUT2D eigenvalue weighted by atomic mass is 32.2. The maximum atomic E-state index is 12.7. The van der Waals surface area contributed by atoms with Crippen LogP contribution in [0.1, 0.15) is 87.8 Å². The number of aliphatic hydroxyl groups excluding tert-OH is 3. The van der Waals surface area contributed by atoms with Crippen LogP contribution in [-0.2, 0) is 40.3 Å². The molecule has 2 heterocycles. The highest BCUT2D eigenvalue weighted by Gasteiger charge is 2.40. The van der Waals surface area contributed by atoms with Crippen LogP contribution in [0.4, 0.5) is 5.69 Å². The normalized spacial score (nSPS) is 23.0. The second-order valence-corrected chi connectivity index (χ2v) is 17.0. The average Bonchev–Trinajstić information content (AvgIpc) is 3.79. The number of hydrogen-bond acceptors (Lipinski definition) is 10. The van der Waals surface area contributed by atoms with Crippen LogP contribution in [0.25, 0.3) is 10.9 Å². The summed E-state index contributed by atoms with van der Waals surface area (Å²) >= 11 is -2.61. The van der Waals surface area contributed by atoms with E-state index in [2.05, 4.69) is 50.7 Å². The number of esters is 1. The molecular weight excluding hydrogens is 755 g/mol. The van der Waals surface area contributed by atoms with E-state index in [0.717, 1.165) is 70.9 Å². The quantitative estimate of drug-likeness (QED) is 0.0209. The number of nitrogens with zero attached hydrogens (tertiary/aromatic N) is 3. The van der Waals surface area contributed by atoms with Gasteiger partial charge in [-0.05, 0) is 124 Å². The number of aliphatic hydroxyl groups is 3. The number of aromatic nitrogens is 2. The first-order valence-corrected chi connectivity index (χ1v) is 21.9. The molecule has 4 aromatic rings. The number of ether oxygens (including phenoxy) is 1. The van der Waals surface area contributed by atoms with Crippen molar-refractivity contribution in [2.75, 3.05) is 18.4 Å². The molecule has 0 radical (unpaired) electrons. The maximum Gasteiger partial charge on any atom is 0.307 e. The predicted octanol–water partition coefficient (Wildman–Crippen LogP) is 6.37. The molecule has 0 spiro atoms. The summed E-state index contributed by atoms with van der Waals surface area (Å²) in [6.45, 7) is 4.28. The van der Waals surface area contributed by atoms with Gasteiger partial charge in [0.2, 0.25) is 0 Å². The summed E-state index contributed by atoms with van der Waals surface area (Å²) < 4.78 is 31.3. The van der Waals surface area contributed by atoms with Crippen molar-refractivity contribution < 1.29 is 33.6 Å². The van der Waals surface area contributed by atoms with Crippen LogP contribution in [0.15, 0.2) is 91.1 Å². The van der Waals surface area contributed by atoms with Crippen molar-refractivity contribution in [3.8, 4) is 0 Å². The van der Waals surface area contributed by atoms with Gasteiger partial charge in [0.05, 0.1) is 30.0 Å². The Hall–Kier alpha value is -3.95. The molecule has 0 amide bonds. The van der Waals surface area contributed by atoms with Crippen LogP contribution >= 0.6 is 0 Å². The zero-order chi connectivity index (χ0) is 40.9. The predicted molar refractivity (Wildman–Crippen MR) is 226 cm³/mol. The third-order valence-electron chi connectivity index (χ3n) is 11.7. The number of anilines is 1. The van der Waals surface area contributed by atoms with Crippen molar-refractivity contribution in [1.29, 1.82) is 0 Å². The van der Waals surface area contributed by atoms with Crippen molar-refractivity contribution >= 4 is 33.8 Å². The topological polar surface area (TPSA) is 174 Å². The molecule has 5 N–H and O–H groups in total. The Kier molecular flexibility index (Phi) is 16.5. The summed E-state index contributed by atoms with van der Waals surface area (Å²) in [5, 5.41) is 43.8. The first kappa shape index (κ1) is 43.6. The van der Waals surface area contributed by atoms with Crippen LogP contribution in [0, 0.1) is 11.8 Å². The zero-order valence-electron chi connectivity index (χ0n) is 33.5. The van der Waals surface area contributed by atoms with Gasteiger partial charge < -0.3 is 29.9 Å². The van der Waals surface area contributed by atoms with Crippen molar-refractivity contribution in [3.63, 3.8) is 0 Å². The number of piperidine rings is 1. The average molecular weight is 815 g/mol. The number of benzene rings is 3. The molecule has 1 aliphatic heterocycles. The van der Waals surface area contributed by atoms with Gasteiger partial charge in [0, 0.05) is 54.4 Å². The summed E-state index contributed by atoms with van der Waals surface area (Å²) in [7, 11) is 0. The number of aromatic amines is 1. The minimum absolute atomic E-state index is 0.0805. The number of nitrogens with one attached hydrogen (secondary N) is 2. The van der Waals surface area contributed by atoms with E-state index in [4.69, 9.17) is 4.74 Å². The smallest absolute Gasteiger partial charge is 0.307 e. The third-order valence-corrected chi connectivity index (χ3v) is 12.6. The molecule has 58 heavy (non-hydrogen) atoms. The standard InChI is InChI=1S/C45H61N5O7S/c1-32(57-45(54)17-8-3-2-7-16-40-41(44(53)27-43(40)52)22-21-39(51)20-18-33-11-5-4-6-12-33)50(58(55)56)30-35-14-9-13-34(25-35)29-49-24-10-15-38(31-49)47-37-19-23-42-36(26-37)28-46-48-42/h2,4-7,9,11-14,19,23,25-26,28,32,38-41,43-44,47,51-53H,3,8,10,15-18,20-22,24,27,29-31H2,1H3,(H,46,48)(H,55,56)/p-1/b7-2-/t32?,38-,39-,40+,41+,43-,44+/m0/s1. The van der Waals surface area contributed by atoms with E-state index in [1.165, 1.54) is 5.56 Å². The summed E-state index contributed by atoms with van der Waals surface area (Å²) in [5.74, 6) is -0.643. The van der Waals surface area contributed by atoms with Crippen LogP contribution < -0.4 is 5.32 Å². The Morgan fingerprint density at radius 1 is 1.05 bits per heavy atom. The minimum Gasteiger partial charge on any atom is -0.759 e. The summed E-state index contributed by atoms with van der Waals surface area (Å²) in [6.07, 6.45) is 10.3. The van der Waals surface area contributed by atoms with Gasteiger partial charge in [0.15, 0.2) is 6.23 Å². The summed E-state index contributed by atoms with van der Waals surface area (Å²) in [6, 6.07) is 24.5. The fraction of sp³-hybridized carbons (Fsp3) is 0.511. The lowest BCUT2D eigenvalue weighted by molar-refractivity contribution is -0.153. The van der Waals surface area contributed by atoms with Gasteiger partial charge in [-0.25, -0.2) is 0 Å². The molecule has 314 valence electrons. The molecule has 0 bridgehead atoms. The van der Waals surface area contributed by atoms with Crippen LogP contribution in [0.5, 0.6) is 0 Å². The summed E-state index contributed by atoms with van der Waals surface area (Å²) in [5.41, 5.74) is 5.18. The van der Waals surface area contributed by atoms with Gasteiger partial charge in [0.1, 0.15) is 0 Å². The first-order valence-electron chi connectivity index (χ1n) is 20.9. The Balaban J connectivity index is 0.897. The molecule has 6 rings (SSSR count). The van der Waals surface area contributed by atoms with Crippen LogP contribution in [0.3, 0.4) is 0 Å². The number of hydrogen-bond donors (Lipinski definition) is 5. The van der Waals surface area contributed by atoms with Crippen molar-refractivity contribution in [2.24, 2.45) is 11.8 Å².